The van der Waals surface area contributed by atoms with E-state index in [1.165, 1.54) is 19.3 Å². The van der Waals surface area contributed by atoms with Gasteiger partial charge in [0.05, 0.1) is 0 Å². The van der Waals surface area contributed by atoms with Crippen LogP contribution in [0.4, 0.5) is 0 Å². The molecule has 0 aliphatic carbocycles. The van der Waals surface area contributed by atoms with Crippen molar-refractivity contribution in [2.45, 2.75) is 46.0 Å². The highest BCUT2D eigenvalue weighted by Gasteiger charge is 2.05. The molecule has 0 N–H and O–H groups in total. The quantitative estimate of drug-likeness (QED) is 0.448. The summed E-state index contributed by atoms with van der Waals surface area (Å²) in [6.45, 7) is 4.26. The van der Waals surface area contributed by atoms with Crippen LogP contribution in [0.15, 0.2) is 0 Å². The second kappa shape index (κ2) is 6.66. The number of hydrogen-bond donors (Lipinski definition) is 0. The van der Waals surface area contributed by atoms with Gasteiger partial charge >= 0.3 is 0 Å². The van der Waals surface area contributed by atoms with Gasteiger partial charge in [-0.3, -0.25) is 4.79 Å². The van der Waals surface area contributed by atoms with Gasteiger partial charge in [0.2, 0.25) is 5.24 Å². The van der Waals surface area contributed by atoms with E-state index in [2.05, 4.69) is 13.8 Å². The summed E-state index contributed by atoms with van der Waals surface area (Å²) in [4.78, 5) is 10.5. The molecule has 0 amide bonds. The molecule has 0 bridgehead atoms. The van der Waals surface area contributed by atoms with Crippen molar-refractivity contribution in [2.24, 2.45) is 5.92 Å². The van der Waals surface area contributed by atoms with Crippen LogP contribution in [-0.4, -0.2) is 5.24 Å². The number of carbonyl (C=O) groups excluding carboxylic acids is 1. The van der Waals surface area contributed by atoms with Crippen molar-refractivity contribution in [3.63, 3.8) is 0 Å². The highest BCUT2D eigenvalue weighted by molar-refractivity contribution is 6.63. The first kappa shape index (κ1) is 11.0. The third-order valence-electron chi connectivity index (χ3n) is 1.81. The smallest absolute Gasteiger partial charge is 0.221 e. The Bertz CT molecular complexity index is 112. The van der Waals surface area contributed by atoms with E-state index in [9.17, 15) is 4.79 Å². The van der Waals surface area contributed by atoms with Crippen LogP contribution in [0.5, 0.6) is 0 Å². The number of halogens is 1. The maximum Gasteiger partial charge on any atom is 0.221 e. The Morgan fingerprint density at radius 2 is 2.09 bits per heavy atom. The van der Waals surface area contributed by atoms with Crippen LogP contribution in [0.25, 0.3) is 0 Å². The molecule has 0 aromatic rings. The van der Waals surface area contributed by atoms with Crippen molar-refractivity contribution in [1.82, 2.24) is 0 Å². The second-order valence-corrected chi connectivity index (χ2v) is 3.58. The molecule has 0 spiro atoms. The van der Waals surface area contributed by atoms with E-state index in [1.807, 2.05) is 0 Å². The highest BCUT2D eigenvalue weighted by Crippen LogP contribution is 2.13. The summed E-state index contributed by atoms with van der Waals surface area (Å²) in [6, 6.07) is 0. The molecule has 0 aliphatic rings. The molecule has 0 aromatic carbocycles. The number of rotatable bonds is 6. The molecule has 0 rings (SSSR count). The lowest BCUT2D eigenvalue weighted by Crippen LogP contribution is -1.99. The summed E-state index contributed by atoms with van der Waals surface area (Å²) in [5, 5.41) is -0.200. The van der Waals surface area contributed by atoms with E-state index in [0.29, 0.717) is 12.3 Å². The SMILES string of the molecule is CCCCCC(C)CC(=O)Cl. The van der Waals surface area contributed by atoms with Crippen molar-refractivity contribution in [3.05, 3.63) is 0 Å². The van der Waals surface area contributed by atoms with E-state index in [1.54, 1.807) is 0 Å². The first-order valence-corrected chi connectivity index (χ1v) is 4.73. The Labute approximate surface area is 74.1 Å². The summed E-state index contributed by atoms with van der Waals surface area (Å²) in [6.07, 6.45) is 5.39. The minimum atomic E-state index is -0.200. The maximum absolute atomic E-state index is 10.5. The van der Waals surface area contributed by atoms with Crippen molar-refractivity contribution in [1.29, 1.82) is 0 Å². The third-order valence-corrected chi connectivity index (χ3v) is 1.96. The monoisotopic (exact) mass is 176 g/mol. The van der Waals surface area contributed by atoms with Crippen LogP contribution in [0.2, 0.25) is 0 Å². The molecule has 0 saturated carbocycles. The van der Waals surface area contributed by atoms with Gasteiger partial charge < -0.3 is 0 Å². The van der Waals surface area contributed by atoms with Gasteiger partial charge in [0.25, 0.3) is 0 Å². The topological polar surface area (TPSA) is 17.1 Å². The third kappa shape index (κ3) is 7.86. The van der Waals surface area contributed by atoms with Gasteiger partial charge in [-0.15, -0.1) is 0 Å². The molecule has 11 heavy (non-hydrogen) atoms. The lowest BCUT2D eigenvalue weighted by Gasteiger charge is -2.06. The molecule has 1 nitrogen and oxygen atoms in total. The van der Waals surface area contributed by atoms with Crippen LogP contribution in [-0.2, 0) is 4.79 Å². The zero-order valence-electron chi connectivity index (χ0n) is 7.40. The van der Waals surface area contributed by atoms with Gasteiger partial charge in [-0.25, -0.2) is 0 Å². The number of hydrogen-bond acceptors (Lipinski definition) is 1. The summed E-state index contributed by atoms with van der Waals surface area (Å²) in [7, 11) is 0. The lowest BCUT2D eigenvalue weighted by molar-refractivity contribution is -0.112. The average molecular weight is 177 g/mol. The first-order chi connectivity index (χ1) is 5.16. The van der Waals surface area contributed by atoms with E-state index in [0.717, 1.165) is 6.42 Å². The molecule has 0 aromatic heterocycles. The molecule has 0 saturated heterocycles. The van der Waals surface area contributed by atoms with Crippen LogP contribution in [0.3, 0.4) is 0 Å². The fourth-order valence-electron chi connectivity index (χ4n) is 1.12. The average Bonchev–Trinajstić information content (AvgIpc) is 1.86. The van der Waals surface area contributed by atoms with Crippen molar-refractivity contribution in [3.8, 4) is 0 Å². The zero-order valence-corrected chi connectivity index (χ0v) is 8.16. The van der Waals surface area contributed by atoms with Gasteiger partial charge in [0.1, 0.15) is 0 Å². The molecule has 0 heterocycles. The van der Waals surface area contributed by atoms with Crippen molar-refractivity contribution < 1.29 is 4.79 Å². The molecule has 0 fully saturated rings. The van der Waals surface area contributed by atoms with Crippen LogP contribution in [0, 0.1) is 5.92 Å². The minimum absolute atomic E-state index is 0.200. The van der Waals surface area contributed by atoms with Gasteiger partial charge in [-0.05, 0) is 17.5 Å². The Kier molecular flexibility index (Phi) is 6.63. The van der Waals surface area contributed by atoms with Crippen LogP contribution >= 0.6 is 11.6 Å². The standard InChI is InChI=1S/C9H17ClO/c1-3-4-5-6-8(2)7-9(10)11/h8H,3-7H2,1-2H3. The minimum Gasteiger partial charge on any atom is -0.281 e. The van der Waals surface area contributed by atoms with E-state index >= 15 is 0 Å². The Morgan fingerprint density at radius 1 is 1.45 bits per heavy atom. The molecule has 66 valence electrons. The van der Waals surface area contributed by atoms with Gasteiger partial charge in [0, 0.05) is 6.42 Å². The largest absolute Gasteiger partial charge is 0.281 e. The lowest BCUT2D eigenvalue weighted by atomic mass is 10.0. The van der Waals surface area contributed by atoms with Gasteiger partial charge in [-0.1, -0.05) is 39.5 Å². The number of carbonyl (C=O) groups is 1. The van der Waals surface area contributed by atoms with Crippen LogP contribution in [0.1, 0.15) is 46.0 Å². The Hall–Kier alpha value is -0.0400. The van der Waals surface area contributed by atoms with E-state index < -0.39 is 0 Å². The molecule has 2 heteroatoms. The van der Waals surface area contributed by atoms with E-state index in [-0.39, 0.29) is 5.24 Å². The van der Waals surface area contributed by atoms with E-state index in [4.69, 9.17) is 11.6 Å². The molecule has 0 aliphatic heterocycles. The predicted octanol–water partition coefficient (Wildman–Crippen LogP) is 3.36. The maximum atomic E-state index is 10.5. The summed E-state index contributed by atoms with van der Waals surface area (Å²) < 4.78 is 0. The summed E-state index contributed by atoms with van der Waals surface area (Å²) >= 11 is 5.25. The molecule has 0 radical (unpaired) electrons. The van der Waals surface area contributed by atoms with Gasteiger partial charge in [0.15, 0.2) is 0 Å². The fourth-order valence-corrected chi connectivity index (χ4v) is 1.38. The Morgan fingerprint density at radius 3 is 2.55 bits per heavy atom. The van der Waals surface area contributed by atoms with Gasteiger partial charge in [-0.2, -0.15) is 0 Å². The summed E-state index contributed by atoms with van der Waals surface area (Å²) in [5.74, 6) is 0.464. The molecule has 1 unspecified atom stereocenters. The fraction of sp³-hybridized carbons (Fsp3) is 0.889. The predicted molar refractivity (Wildman–Crippen MR) is 48.8 cm³/mol. The molecular formula is C9H17ClO. The first-order valence-electron chi connectivity index (χ1n) is 4.35. The van der Waals surface area contributed by atoms with Crippen molar-refractivity contribution >= 4 is 16.8 Å². The molecule has 1 atom stereocenters. The normalized spacial score (nSPS) is 13.0. The molecular weight excluding hydrogens is 160 g/mol. The highest BCUT2D eigenvalue weighted by atomic mass is 35.5. The second-order valence-electron chi connectivity index (χ2n) is 3.16. The number of unbranched alkanes of at least 4 members (excludes halogenated alkanes) is 2. The zero-order chi connectivity index (χ0) is 8.69. The Balaban J connectivity index is 3.22. The van der Waals surface area contributed by atoms with Crippen molar-refractivity contribution in [2.75, 3.05) is 0 Å². The summed E-state index contributed by atoms with van der Waals surface area (Å²) in [5.41, 5.74) is 0. The van der Waals surface area contributed by atoms with Crippen LogP contribution < -0.4 is 0 Å².